The molecule has 1 aliphatic carbocycles. The van der Waals surface area contributed by atoms with E-state index in [4.69, 9.17) is 9.47 Å². The fourth-order valence-electron chi connectivity index (χ4n) is 3.61. The summed E-state index contributed by atoms with van der Waals surface area (Å²) in [6.45, 7) is 2.38. The summed E-state index contributed by atoms with van der Waals surface area (Å²) in [5, 5.41) is 0. The number of rotatable bonds is 3. The van der Waals surface area contributed by atoms with E-state index in [1.165, 1.54) is 32.1 Å². The Kier molecular flexibility index (Phi) is 4.29. The van der Waals surface area contributed by atoms with E-state index in [1.54, 1.807) is 6.92 Å². The Morgan fingerprint density at radius 2 is 2.10 bits per heavy atom. The summed E-state index contributed by atoms with van der Waals surface area (Å²) < 4.78 is 12.2. The van der Waals surface area contributed by atoms with Crippen LogP contribution in [-0.4, -0.2) is 24.1 Å². The van der Waals surface area contributed by atoms with E-state index in [0.717, 1.165) is 25.2 Å². The number of hydrogen-bond donors (Lipinski definition) is 0. The van der Waals surface area contributed by atoms with Crippen LogP contribution in [0, 0.1) is 0 Å². The molecule has 0 amide bonds. The van der Waals surface area contributed by atoms with Crippen LogP contribution >= 0.6 is 0 Å². The van der Waals surface area contributed by atoms with Gasteiger partial charge in [0, 0.05) is 18.4 Å². The Hall–Kier alpha value is -1.35. The quantitative estimate of drug-likeness (QED) is 0.784. The Labute approximate surface area is 126 Å². The molecular formula is C18H24O3. The van der Waals surface area contributed by atoms with E-state index in [9.17, 15) is 4.79 Å². The molecule has 2 fully saturated rings. The zero-order valence-corrected chi connectivity index (χ0v) is 12.8. The van der Waals surface area contributed by atoms with Gasteiger partial charge < -0.3 is 9.47 Å². The Balaban J connectivity index is 1.67. The third-order valence-electron chi connectivity index (χ3n) is 4.76. The minimum absolute atomic E-state index is 0.0549. The van der Waals surface area contributed by atoms with Gasteiger partial charge in [-0.25, -0.2) is 0 Å². The van der Waals surface area contributed by atoms with Crippen LogP contribution in [0.25, 0.3) is 0 Å². The van der Waals surface area contributed by atoms with Crippen LogP contribution in [-0.2, 0) is 4.74 Å². The van der Waals surface area contributed by atoms with Gasteiger partial charge in [0.25, 0.3) is 0 Å². The van der Waals surface area contributed by atoms with Crippen molar-refractivity contribution in [1.82, 2.24) is 0 Å². The summed E-state index contributed by atoms with van der Waals surface area (Å²) in [6.07, 6.45) is 8.33. The first-order valence-corrected chi connectivity index (χ1v) is 8.09. The lowest BCUT2D eigenvalue weighted by atomic mass is 9.79. The molecule has 3 rings (SSSR count). The predicted octanol–water partition coefficient (Wildman–Crippen LogP) is 4.15. The van der Waals surface area contributed by atoms with E-state index >= 15 is 0 Å². The maximum absolute atomic E-state index is 11.5. The van der Waals surface area contributed by atoms with Gasteiger partial charge in [-0.3, -0.25) is 4.79 Å². The van der Waals surface area contributed by atoms with Crippen LogP contribution in [0.15, 0.2) is 24.3 Å². The second-order valence-electron chi connectivity index (χ2n) is 6.41. The Morgan fingerprint density at radius 1 is 1.29 bits per heavy atom. The first-order valence-electron chi connectivity index (χ1n) is 8.09. The molecule has 0 bridgehead atoms. The number of ether oxygens (including phenoxy) is 2. The fraction of sp³-hybridized carbons (Fsp3) is 0.611. The van der Waals surface area contributed by atoms with Gasteiger partial charge >= 0.3 is 0 Å². The Morgan fingerprint density at radius 3 is 2.86 bits per heavy atom. The summed E-state index contributed by atoms with van der Waals surface area (Å²) in [5.74, 6) is 0.886. The predicted molar refractivity (Wildman–Crippen MR) is 81.9 cm³/mol. The van der Waals surface area contributed by atoms with Gasteiger partial charge in [-0.1, -0.05) is 31.4 Å². The van der Waals surface area contributed by atoms with E-state index in [-0.39, 0.29) is 17.5 Å². The number of ketones is 1. The molecular weight excluding hydrogens is 264 g/mol. The molecule has 1 heterocycles. The molecule has 114 valence electrons. The monoisotopic (exact) mass is 288 g/mol. The molecule has 2 aliphatic rings. The number of hydrogen-bond acceptors (Lipinski definition) is 3. The standard InChI is InChI=1S/C18H24O3/c1-14(19)15-6-5-7-16(12-15)21-17-8-11-20-18(13-17)9-3-2-4-10-18/h5-7,12,17H,2-4,8-11,13H2,1H3. The van der Waals surface area contributed by atoms with Crippen molar-refractivity contribution in [3.05, 3.63) is 29.8 Å². The molecule has 0 aromatic heterocycles. The average Bonchev–Trinajstić information content (AvgIpc) is 2.48. The largest absolute Gasteiger partial charge is 0.490 e. The van der Waals surface area contributed by atoms with Crippen molar-refractivity contribution in [3.63, 3.8) is 0 Å². The number of benzene rings is 1. The van der Waals surface area contributed by atoms with E-state index in [2.05, 4.69) is 0 Å². The lowest BCUT2D eigenvalue weighted by molar-refractivity contribution is -0.129. The molecule has 1 saturated carbocycles. The molecule has 21 heavy (non-hydrogen) atoms. The first-order chi connectivity index (χ1) is 10.2. The highest BCUT2D eigenvalue weighted by Gasteiger charge is 2.39. The smallest absolute Gasteiger partial charge is 0.159 e. The minimum Gasteiger partial charge on any atom is -0.490 e. The van der Waals surface area contributed by atoms with Crippen LogP contribution < -0.4 is 4.74 Å². The van der Waals surface area contributed by atoms with E-state index in [1.807, 2.05) is 24.3 Å². The maximum atomic E-state index is 11.5. The molecule has 1 spiro atoms. The molecule has 1 aliphatic heterocycles. The van der Waals surface area contributed by atoms with Crippen molar-refractivity contribution in [2.75, 3.05) is 6.61 Å². The van der Waals surface area contributed by atoms with Gasteiger partial charge in [-0.2, -0.15) is 0 Å². The maximum Gasteiger partial charge on any atom is 0.159 e. The third kappa shape index (κ3) is 3.46. The zero-order valence-electron chi connectivity index (χ0n) is 12.8. The van der Waals surface area contributed by atoms with Crippen molar-refractivity contribution in [2.24, 2.45) is 0 Å². The van der Waals surface area contributed by atoms with E-state index < -0.39 is 0 Å². The van der Waals surface area contributed by atoms with Gasteiger partial charge in [-0.05, 0) is 31.9 Å². The molecule has 1 aromatic carbocycles. The molecule has 3 nitrogen and oxygen atoms in total. The van der Waals surface area contributed by atoms with Crippen molar-refractivity contribution < 1.29 is 14.3 Å². The number of carbonyl (C=O) groups excluding carboxylic acids is 1. The molecule has 1 saturated heterocycles. The highest BCUT2D eigenvalue weighted by Crippen LogP contribution is 2.39. The van der Waals surface area contributed by atoms with Gasteiger partial charge in [0.15, 0.2) is 5.78 Å². The minimum atomic E-state index is 0.0549. The third-order valence-corrected chi connectivity index (χ3v) is 4.76. The second kappa shape index (κ2) is 6.18. The van der Waals surface area contributed by atoms with Crippen molar-refractivity contribution in [2.45, 2.75) is 63.6 Å². The first kappa shape index (κ1) is 14.6. The fourth-order valence-corrected chi connectivity index (χ4v) is 3.61. The molecule has 3 heteroatoms. The Bertz CT molecular complexity index is 497. The SMILES string of the molecule is CC(=O)c1cccc(OC2CCOC3(CCCCC3)C2)c1. The number of Topliss-reactive ketones (excluding diaryl/α,β-unsaturated/α-hetero) is 1. The lowest BCUT2D eigenvalue weighted by Gasteiger charge is -2.43. The van der Waals surface area contributed by atoms with Gasteiger partial charge in [0.05, 0.1) is 12.2 Å². The van der Waals surface area contributed by atoms with Crippen molar-refractivity contribution in [1.29, 1.82) is 0 Å². The van der Waals surface area contributed by atoms with Crippen molar-refractivity contribution >= 4 is 5.78 Å². The van der Waals surface area contributed by atoms with Gasteiger partial charge in [-0.15, -0.1) is 0 Å². The highest BCUT2D eigenvalue weighted by molar-refractivity contribution is 5.94. The van der Waals surface area contributed by atoms with Crippen LogP contribution in [0.1, 0.15) is 62.2 Å². The topological polar surface area (TPSA) is 35.5 Å². The lowest BCUT2D eigenvalue weighted by Crippen LogP contribution is -2.45. The van der Waals surface area contributed by atoms with Gasteiger partial charge in [0.1, 0.15) is 11.9 Å². The average molecular weight is 288 g/mol. The number of carbonyl (C=O) groups is 1. The summed E-state index contributed by atoms with van der Waals surface area (Å²) in [7, 11) is 0. The summed E-state index contributed by atoms with van der Waals surface area (Å²) in [5.41, 5.74) is 0.770. The van der Waals surface area contributed by atoms with Crippen LogP contribution in [0.3, 0.4) is 0 Å². The van der Waals surface area contributed by atoms with Crippen LogP contribution in [0.5, 0.6) is 5.75 Å². The van der Waals surface area contributed by atoms with Crippen LogP contribution in [0.2, 0.25) is 0 Å². The summed E-state index contributed by atoms with van der Waals surface area (Å²) >= 11 is 0. The molecule has 1 atom stereocenters. The van der Waals surface area contributed by atoms with Gasteiger partial charge in [0.2, 0.25) is 0 Å². The zero-order chi connectivity index (χ0) is 14.7. The summed E-state index contributed by atoms with van der Waals surface area (Å²) in [4.78, 5) is 11.5. The molecule has 0 radical (unpaired) electrons. The second-order valence-corrected chi connectivity index (χ2v) is 6.41. The van der Waals surface area contributed by atoms with Crippen molar-refractivity contribution in [3.8, 4) is 5.75 Å². The molecule has 1 unspecified atom stereocenters. The summed E-state index contributed by atoms with van der Waals surface area (Å²) in [6, 6.07) is 7.52. The van der Waals surface area contributed by atoms with E-state index in [0.29, 0.717) is 5.56 Å². The van der Waals surface area contributed by atoms with Crippen LogP contribution in [0.4, 0.5) is 0 Å². The normalized spacial score (nSPS) is 24.7. The molecule has 0 N–H and O–H groups in total. The molecule has 1 aromatic rings. The highest BCUT2D eigenvalue weighted by atomic mass is 16.5.